The van der Waals surface area contributed by atoms with Crippen LogP contribution in [0.15, 0.2) is 42.7 Å². The number of rotatable bonds is 3. The highest BCUT2D eigenvalue weighted by Crippen LogP contribution is 2.05. The molecule has 2 rings (SSSR count). The highest BCUT2D eigenvalue weighted by atomic mass is 16.1. The Hall–Kier alpha value is -2.10. The molecule has 0 fully saturated rings. The molecule has 4 nitrogen and oxygen atoms in total. The molecule has 1 aromatic carbocycles. The summed E-state index contributed by atoms with van der Waals surface area (Å²) >= 11 is 0. The first-order valence-corrected chi connectivity index (χ1v) is 5.08. The van der Waals surface area contributed by atoms with Gasteiger partial charge in [-0.05, 0) is 23.8 Å². The molecule has 1 amide bonds. The van der Waals surface area contributed by atoms with Crippen molar-refractivity contribution in [2.24, 2.45) is 0 Å². The Kier molecular flexibility index (Phi) is 3.00. The van der Waals surface area contributed by atoms with E-state index in [4.69, 9.17) is 0 Å². The monoisotopic (exact) mass is 215 g/mol. The lowest BCUT2D eigenvalue weighted by atomic mass is 10.1. The van der Waals surface area contributed by atoms with E-state index in [1.807, 2.05) is 41.2 Å². The molecule has 0 bridgehead atoms. The minimum Gasteiger partial charge on any atom is -0.355 e. The van der Waals surface area contributed by atoms with Gasteiger partial charge in [0, 0.05) is 25.0 Å². The van der Waals surface area contributed by atoms with E-state index in [0.29, 0.717) is 5.56 Å². The van der Waals surface area contributed by atoms with E-state index >= 15 is 0 Å². The fourth-order valence-corrected chi connectivity index (χ4v) is 1.49. The summed E-state index contributed by atoms with van der Waals surface area (Å²) in [5.41, 5.74) is 1.79. The van der Waals surface area contributed by atoms with Crippen molar-refractivity contribution in [1.82, 2.24) is 15.1 Å². The van der Waals surface area contributed by atoms with E-state index in [1.54, 1.807) is 13.2 Å². The molecule has 0 aliphatic carbocycles. The number of nitrogens with one attached hydrogen (secondary N) is 1. The van der Waals surface area contributed by atoms with Gasteiger partial charge >= 0.3 is 0 Å². The van der Waals surface area contributed by atoms with Crippen LogP contribution in [0.5, 0.6) is 0 Å². The number of carbonyl (C=O) groups excluding carboxylic acids is 1. The van der Waals surface area contributed by atoms with Crippen molar-refractivity contribution in [1.29, 1.82) is 0 Å². The number of nitrogens with zero attached hydrogens (tertiary/aromatic N) is 2. The fourth-order valence-electron chi connectivity index (χ4n) is 1.49. The first-order chi connectivity index (χ1) is 7.79. The lowest BCUT2D eigenvalue weighted by molar-refractivity contribution is 0.0963. The molecule has 16 heavy (non-hydrogen) atoms. The highest BCUT2D eigenvalue weighted by molar-refractivity contribution is 5.93. The number of benzene rings is 1. The Morgan fingerprint density at radius 1 is 1.38 bits per heavy atom. The average molecular weight is 215 g/mol. The fraction of sp³-hybridized carbons (Fsp3) is 0.167. The van der Waals surface area contributed by atoms with Crippen molar-refractivity contribution in [2.45, 2.75) is 6.54 Å². The summed E-state index contributed by atoms with van der Waals surface area (Å²) in [4.78, 5) is 11.3. The van der Waals surface area contributed by atoms with Gasteiger partial charge in [-0.2, -0.15) is 5.10 Å². The molecule has 0 atom stereocenters. The number of aromatic nitrogens is 2. The van der Waals surface area contributed by atoms with Gasteiger partial charge in [-0.25, -0.2) is 0 Å². The molecular weight excluding hydrogens is 202 g/mol. The van der Waals surface area contributed by atoms with Gasteiger partial charge in [-0.3, -0.25) is 9.48 Å². The topological polar surface area (TPSA) is 46.9 Å². The van der Waals surface area contributed by atoms with Crippen LogP contribution in [0.4, 0.5) is 0 Å². The third-order valence-electron chi connectivity index (χ3n) is 2.35. The van der Waals surface area contributed by atoms with E-state index in [2.05, 4.69) is 10.4 Å². The Morgan fingerprint density at radius 3 is 2.69 bits per heavy atom. The van der Waals surface area contributed by atoms with Crippen LogP contribution in [-0.2, 0) is 6.54 Å². The maximum Gasteiger partial charge on any atom is 0.251 e. The minimum atomic E-state index is -0.0642. The summed E-state index contributed by atoms with van der Waals surface area (Å²) in [6.45, 7) is 0.723. The molecule has 1 N–H and O–H groups in total. The molecule has 1 heterocycles. The summed E-state index contributed by atoms with van der Waals surface area (Å²) in [6.07, 6.45) is 3.66. The van der Waals surface area contributed by atoms with E-state index in [1.165, 1.54) is 0 Å². The van der Waals surface area contributed by atoms with Gasteiger partial charge < -0.3 is 5.32 Å². The zero-order valence-corrected chi connectivity index (χ0v) is 9.05. The summed E-state index contributed by atoms with van der Waals surface area (Å²) in [5, 5.41) is 6.71. The van der Waals surface area contributed by atoms with Gasteiger partial charge in [0.25, 0.3) is 5.91 Å². The van der Waals surface area contributed by atoms with Gasteiger partial charge in [0.15, 0.2) is 0 Å². The predicted octanol–water partition coefficient (Wildman–Crippen LogP) is 1.29. The number of carbonyl (C=O) groups is 1. The maximum atomic E-state index is 11.3. The Bertz CT molecular complexity index is 460. The molecule has 0 aliphatic heterocycles. The first kappa shape index (κ1) is 10.4. The highest BCUT2D eigenvalue weighted by Gasteiger charge is 2.02. The summed E-state index contributed by atoms with van der Waals surface area (Å²) in [5.74, 6) is -0.0642. The van der Waals surface area contributed by atoms with Crippen molar-refractivity contribution in [3.63, 3.8) is 0 Å². The molecule has 0 saturated heterocycles. The summed E-state index contributed by atoms with van der Waals surface area (Å²) in [6, 6.07) is 9.40. The number of hydrogen-bond donors (Lipinski definition) is 1. The van der Waals surface area contributed by atoms with Crippen molar-refractivity contribution in [2.75, 3.05) is 7.05 Å². The summed E-state index contributed by atoms with van der Waals surface area (Å²) in [7, 11) is 1.62. The van der Waals surface area contributed by atoms with E-state index < -0.39 is 0 Å². The standard InChI is InChI=1S/C12H13N3O/c1-13-12(16)11-5-3-10(4-6-11)9-15-8-2-7-14-15/h2-8H,9H2,1H3,(H,13,16). The number of amides is 1. The molecular formula is C12H13N3O. The lowest BCUT2D eigenvalue weighted by Gasteiger charge is -2.03. The van der Waals surface area contributed by atoms with Crippen molar-refractivity contribution >= 4 is 5.91 Å². The van der Waals surface area contributed by atoms with Crippen LogP contribution in [-0.4, -0.2) is 22.7 Å². The first-order valence-electron chi connectivity index (χ1n) is 5.08. The molecule has 0 aliphatic rings. The molecule has 0 unspecified atom stereocenters. The van der Waals surface area contributed by atoms with Crippen molar-refractivity contribution < 1.29 is 4.79 Å². The van der Waals surface area contributed by atoms with Crippen LogP contribution in [0, 0.1) is 0 Å². The Balaban J connectivity index is 2.10. The average Bonchev–Trinajstić information content (AvgIpc) is 2.82. The Labute approximate surface area is 93.9 Å². The number of hydrogen-bond acceptors (Lipinski definition) is 2. The van der Waals surface area contributed by atoms with Crippen LogP contribution in [0.3, 0.4) is 0 Å². The lowest BCUT2D eigenvalue weighted by Crippen LogP contribution is -2.17. The molecule has 4 heteroatoms. The Morgan fingerprint density at radius 2 is 2.12 bits per heavy atom. The smallest absolute Gasteiger partial charge is 0.251 e. The van der Waals surface area contributed by atoms with Crippen LogP contribution < -0.4 is 5.32 Å². The predicted molar refractivity (Wildman–Crippen MR) is 61.2 cm³/mol. The quantitative estimate of drug-likeness (QED) is 0.838. The molecule has 1 aromatic heterocycles. The van der Waals surface area contributed by atoms with Crippen LogP contribution >= 0.6 is 0 Å². The molecule has 0 spiro atoms. The van der Waals surface area contributed by atoms with Gasteiger partial charge in [0.1, 0.15) is 0 Å². The third-order valence-corrected chi connectivity index (χ3v) is 2.35. The molecule has 0 saturated carbocycles. The second-order valence-electron chi connectivity index (χ2n) is 3.48. The molecule has 82 valence electrons. The summed E-state index contributed by atoms with van der Waals surface area (Å²) < 4.78 is 1.84. The normalized spacial score (nSPS) is 10.1. The van der Waals surface area contributed by atoms with E-state index in [0.717, 1.165) is 12.1 Å². The minimum absolute atomic E-state index is 0.0642. The van der Waals surface area contributed by atoms with Gasteiger partial charge in [-0.15, -0.1) is 0 Å². The molecule has 0 radical (unpaired) electrons. The maximum absolute atomic E-state index is 11.3. The van der Waals surface area contributed by atoms with Gasteiger partial charge in [0.05, 0.1) is 6.54 Å². The molecule has 2 aromatic rings. The zero-order chi connectivity index (χ0) is 11.4. The van der Waals surface area contributed by atoms with Gasteiger partial charge in [-0.1, -0.05) is 12.1 Å². The van der Waals surface area contributed by atoms with Crippen molar-refractivity contribution in [3.05, 3.63) is 53.9 Å². The zero-order valence-electron chi connectivity index (χ0n) is 9.05. The SMILES string of the molecule is CNC(=O)c1ccc(Cn2cccn2)cc1. The van der Waals surface area contributed by atoms with Crippen LogP contribution in [0.25, 0.3) is 0 Å². The van der Waals surface area contributed by atoms with Crippen LogP contribution in [0.1, 0.15) is 15.9 Å². The van der Waals surface area contributed by atoms with Gasteiger partial charge in [0.2, 0.25) is 0 Å². The second kappa shape index (κ2) is 4.61. The second-order valence-corrected chi connectivity index (χ2v) is 3.48. The third kappa shape index (κ3) is 2.28. The largest absolute Gasteiger partial charge is 0.355 e. The van der Waals surface area contributed by atoms with E-state index in [9.17, 15) is 4.79 Å². The van der Waals surface area contributed by atoms with Crippen LogP contribution in [0.2, 0.25) is 0 Å². The van der Waals surface area contributed by atoms with E-state index in [-0.39, 0.29) is 5.91 Å². The van der Waals surface area contributed by atoms with Crippen molar-refractivity contribution in [3.8, 4) is 0 Å².